The maximum atomic E-state index is 13.5. The number of pyridine rings is 1. The number of nitrogens with zero attached hydrogens (tertiary/aromatic N) is 3. The molecule has 0 aliphatic rings. The fourth-order valence-electron chi connectivity index (χ4n) is 2.28. The molecular weight excluding hydrogens is 267 g/mol. The summed E-state index contributed by atoms with van der Waals surface area (Å²) in [6, 6.07) is 3.63. The van der Waals surface area contributed by atoms with E-state index in [4.69, 9.17) is 0 Å². The zero-order valence-corrected chi connectivity index (χ0v) is 13.0. The second-order valence-corrected chi connectivity index (χ2v) is 5.06. The van der Waals surface area contributed by atoms with Gasteiger partial charge in [0.15, 0.2) is 5.82 Å². The predicted octanol–water partition coefficient (Wildman–Crippen LogP) is 3.03. The van der Waals surface area contributed by atoms with Crippen LogP contribution in [0.3, 0.4) is 0 Å². The molecule has 2 heterocycles. The van der Waals surface area contributed by atoms with Gasteiger partial charge in [0.2, 0.25) is 0 Å². The van der Waals surface area contributed by atoms with Crippen molar-refractivity contribution < 1.29 is 4.39 Å². The van der Waals surface area contributed by atoms with Crippen molar-refractivity contribution in [3.8, 4) is 5.82 Å². The van der Waals surface area contributed by atoms with Crippen molar-refractivity contribution in [1.82, 2.24) is 20.1 Å². The SMILES string of the molecule is CCCNCc1cc(F)cnc1-n1nc(CC)cc1CC. The molecule has 2 rings (SSSR count). The van der Waals surface area contributed by atoms with Crippen LogP contribution in [0.25, 0.3) is 5.82 Å². The molecule has 4 nitrogen and oxygen atoms in total. The molecule has 0 saturated carbocycles. The number of nitrogens with one attached hydrogen (secondary N) is 1. The monoisotopic (exact) mass is 290 g/mol. The zero-order chi connectivity index (χ0) is 15.2. The highest BCUT2D eigenvalue weighted by molar-refractivity contribution is 5.35. The summed E-state index contributed by atoms with van der Waals surface area (Å²) in [5.41, 5.74) is 2.97. The van der Waals surface area contributed by atoms with Crippen molar-refractivity contribution in [1.29, 1.82) is 0 Å². The molecule has 0 radical (unpaired) electrons. The van der Waals surface area contributed by atoms with Crippen molar-refractivity contribution in [2.45, 2.75) is 46.6 Å². The van der Waals surface area contributed by atoms with Gasteiger partial charge >= 0.3 is 0 Å². The van der Waals surface area contributed by atoms with E-state index in [9.17, 15) is 4.39 Å². The van der Waals surface area contributed by atoms with E-state index in [1.807, 2.05) is 4.68 Å². The molecule has 114 valence electrons. The number of halogens is 1. The van der Waals surface area contributed by atoms with Crippen LogP contribution < -0.4 is 5.32 Å². The fraction of sp³-hybridized carbons (Fsp3) is 0.500. The Balaban J connectivity index is 2.40. The Morgan fingerprint density at radius 2 is 2.00 bits per heavy atom. The third-order valence-corrected chi connectivity index (χ3v) is 3.41. The average molecular weight is 290 g/mol. The molecule has 0 aliphatic heterocycles. The van der Waals surface area contributed by atoms with E-state index in [2.05, 4.69) is 42.2 Å². The molecule has 0 spiro atoms. The van der Waals surface area contributed by atoms with Gasteiger partial charge in [-0.3, -0.25) is 0 Å². The lowest BCUT2D eigenvalue weighted by Crippen LogP contribution is -2.17. The largest absolute Gasteiger partial charge is 0.313 e. The van der Waals surface area contributed by atoms with Gasteiger partial charge in [-0.2, -0.15) is 5.10 Å². The summed E-state index contributed by atoms with van der Waals surface area (Å²) in [5.74, 6) is 0.407. The van der Waals surface area contributed by atoms with Crippen LogP contribution >= 0.6 is 0 Å². The molecule has 0 amide bonds. The Bertz CT molecular complexity index is 592. The number of hydrogen-bond donors (Lipinski definition) is 1. The summed E-state index contributed by atoms with van der Waals surface area (Å²) in [6.45, 7) is 7.77. The first kappa shape index (κ1) is 15.6. The summed E-state index contributed by atoms with van der Waals surface area (Å²) < 4.78 is 15.4. The van der Waals surface area contributed by atoms with Gasteiger partial charge in [-0.15, -0.1) is 0 Å². The van der Waals surface area contributed by atoms with E-state index in [1.165, 1.54) is 12.3 Å². The highest BCUT2D eigenvalue weighted by Gasteiger charge is 2.13. The van der Waals surface area contributed by atoms with Gasteiger partial charge in [-0.1, -0.05) is 20.8 Å². The molecule has 2 aromatic rings. The van der Waals surface area contributed by atoms with Crippen molar-refractivity contribution in [2.24, 2.45) is 0 Å². The van der Waals surface area contributed by atoms with E-state index in [0.29, 0.717) is 6.54 Å². The number of rotatable bonds is 7. The third-order valence-electron chi connectivity index (χ3n) is 3.41. The Morgan fingerprint density at radius 3 is 2.67 bits per heavy atom. The highest BCUT2D eigenvalue weighted by atomic mass is 19.1. The molecule has 0 unspecified atom stereocenters. The van der Waals surface area contributed by atoms with Gasteiger partial charge in [-0.25, -0.2) is 14.1 Å². The Morgan fingerprint density at radius 1 is 1.19 bits per heavy atom. The molecular formula is C16H23FN4. The molecule has 0 bridgehead atoms. The minimum Gasteiger partial charge on any atom is -0.313 e. The minimum atomic E-state index is -0.312. The van der Waals surface area contributed by atoms with Gasteiger partial charge in [0, 0.05) is 17.8 Å². The Labute approximate surface area is 125 Å². The van der Waals surface area contributed by atoms with Gasteiger partial charge in [0.1, 0.15) is 5.82 Å². The lowest BCUT2D eigenvalue weighted by molar-refractivity contribution is 0.605. The van der Waals surface area contributed by atoms with Crippen molar-refractivity contribution >= 4 is 0 Å². The first-order valence-electron chi connectivity index (χ1n) is 7.62. The molecule has 0 fully saturated rings. The van der Waals surface area contributed by atoms with Crippen molar-refractivity contribution in [2.75, 3.05) is 6.54 Å². The van der Waals surface area contributed by atoms with E-state index < -0.39 is 0 Å². The smallest absolute Gasteiger partial charge is 0.158 e. The molecule has 1 N–H and O–H groups in total. The van der Waals surface area contributed by atoms with Gasteiger partial charge in [0.25, 0.3) is 0 Å². The number of hydrogen-bond acceptors (Lipinski definition) is 3. The maximum absolute atomic E-state index is 13.5. The van der Waals surface area contributed by atoms with Crippen LogP contribution in [0.2, 0.25) is 0 Å². The summed E-state index contributed by atoms with van der Waals surface area (Å²) in [7, 11) is 0. The quantitative estimate of drug-likeness (QED) is 0.797. The molecule has 5 heteroatoms. The molecule has 0 aliphatic carbocycles. The topological polar surface area (TPSA) is 42.7 Å². The van der Waals surface area contributed by atoms with Crippen LogP contribution in [0.5, 0.6) is 0 Å². The van der Waals surface area contributed by atoms with Crippen LogP contribution in [0.1, 0.15) is 44.1 Å². The van der Waals surface area contributed by atoms with E-state index >= 15 is 0 Å². The van der Waals surface area contributed by atoms with Crippen molar-refractivity contribution in [3.05, 3.63) is 41.1 Å². The number of aromatic nitrogens is 3. The highest BCUT2D eigenvalue weighted by Crippen LogP contribution is 2.17. The third kappa shape index (κ3) is 3.67. The normalized spacial score (nSPS) is 11.0. The molecule has 0 atom stereocenters. The Hall–Kier alpha value is -1.75. The van der Waals surface area contributed by atoms with Crippen molar-refractivity contribution in [3.63, 3.8) is 0 Å². The lowest BCUT2D eigenvalue weighted by Gasteiger charge is -2.11. The maximum Gasteiger partial charge on any atom is 0.158 e. The fourth-order valence-corrected chi connectivity index (χ4v) is 2.28. The molecule has 0 saturated heterocycles. The summed E-state index contributed by atoms with van der Waals surface area (Å²) in [4.78, 5) is 4.27. The lowest BCUT2D eigenvalue weighted by atomic mass is 10.2. The van der Waals surface area contributed by atoms with Crippen LogP contribution in [0, 0.1) is 5.82 Å². The minimum absolute atomic E-state index is 0.312. The zero-order valence-electron chi connectivity index (χ0n) is 13.0. The van der Waals surface area contributed by atoms with Crippen LogP contribution in [-0.2, 0) is 19.4 Å². The van der Waals surface area contributed by atoms with E-state index in [1.54, 1.807) is 0 Å². The average Bonchev–Trinajstić information content (AvgIpc) is 2.91. The van der Waals surface area contributed by atoms with Crippen LogP contribution in [0.15, 0.2) is 18.3 Å². The van der Waals surface area contributed by atoms with Crippen LogP contribution in [0.4, 0.5) is 4.39 Å². The second-order valence-electron chi connectivity index (χ2n) is 5.06. The summed E-state index contributed by atoms with van der Waals surface area (Å²) in [6.07, 6.45) is 4.05. The van der Waals surface area contributed by atoms with E-state index in [-0.39, 0.29) is 5.82 Å². The van der Waals surface area contributed by atoms with Crippen LogP contribution in [-0.4, -0.2) is 21.3 Å². The predicted molar refractivity (Wildman–Crippen MR) is 82.1 cm³/mol. The summed E-state index contributed by atoms with van der Waals surface area (Å²) >= 11 is 0. The molecule has 0 aromatic carbocycles. The Kier molecular flexibility index (Phi) is 5.44. The second kappa shape index (κ2) is 7.31. The van der Waals surface area contributed by atoms with Gasteiger partial charge in [-0.05, 0) is 37.9 Å². The van der Waals surface area contributed by atoms with Gasteiger partial charge in [0.05, 0.1) is 11.9 Å². The molecule has 2 aromatic heterocycles. The van der Waals surface area contributed by atoms with Gasteiger partial charge < -0.3 is 5.32 Å². The standard InChI is InChI=1S/C16H23FN4/c1-4-7-18-10-12-8-13(17)11-19-16(12)21-15(6-3)9-14(5-2)20-21/h8-9,11,18H,4-7,10H2,1-3H3. The first-order chi connectivity index (χ1) is 10.2. The number of aryl methyl sites for hydroxylation is 2. The van der Waals surface area contributed by atoms with E-state index in [0.717, 1.165) is 48.6 Å². The molecule has 21 heavy (non-hydrogen) atoms. The first-order valence-corrected chi connectivity index (χ1v) is 7.62. The summed E-state index contributed by atoms with van der Waals surface area (Å²) in [5, 5.41) is 7.89.